The normalized spacial score (nSPS) is 18.0. The van der Waals surface area contributed by atoms with Crippen LogP contribution in [0.3, 0.4) is 0 Å². The van der Waals surface area contributed by atoms with E-state index in [1.54, 1.807) is 32.0 Å². The minimum absolute atomic E-state index is 0.240. The van der Waals surface area contributed by atoms with Gasteiger partial charge in [-0.05, 0) is 32.8 Å². The Balaban J connectivity index is 2.06. The number of aliphatic hydroxyl groups is 1. The summed E-state index contributed by atoms with van der Waals surface area (Å²) in [5.74, 6) is -0.643. The van der Waals surface area contributed by atoms with E-state index in [0.717, 1.165) is 12.8 Å². The number of halogens is 1. The SMILES string of the molecule is CC(C)(C(=O)NCC1(O)CCCC1)c1ccccc1F. The number of carbonyl (C=O) groups excluding carboxylic acids is 1. The average molecular weight is 279 g/mol. The first-order valence-electron chi connectivity index (χ1n) is 7.11. The van der Waals surface area contributed by atoms with Gasteiger partial charge in [-0.3, -0.25) is 4.79 Å². The monoisotopic (exact) mass is 279 g/mol. The molecular formula is C16H22FNO2. The molecule has 1 aromatic rings. The van der Waals surface area contributed by atoms with Crippen molar-refractivity contribution in [3.63, 3.8) is 0 Å². The number of nitrogens with one attached hydrogen (secondary N) is 1. The molecule has 4 heteroatoms. The Kier molecular flexibility index (Phi) is 4.14. The summed E-state index contributed by atoms with van der Waals surface area (Å²) in [7, 11) is 0. The van der Waals surface area contributed by atoms with Gasteiger partial charge in [-0.2, -0.15) is 0 Å². The minimum atomic E-state index is -0.958. The van der Waals surface area contributed by atoms with Gasteiger partial charge in [0.05, 0.1) is 11.0 Å². The second-order valence-corrected chi connectivity index (χ2v) is 6.22. The van der Waals surface area contributed by atoms with Crippen LogP contribution in [0.25, 0.3) is 0 Å². The summed E-state index contributed by atoms with van der Waals surface area (Å²) < 4.78 is 13.8. The molecule has 0 radical (unpaired) electrons. The molecule has 1 fully saturated rings. The first-order valence-corrected chi connectivity index (χ1v) is 7.11. The quantitative estimate of drug-likeness (QED) is 0.889. The second kappa shape index (κ2) is 5.52. The molecule has 0 heterocycles. The molecule has 0 unspecified atom stereocenters. The van der Waals surface area contributed by atoms with Gasteiger partial charge in [0.1, 0.15) is 5.82 Å². The molecule has 2 N–H and O–H groups in total. The van der Waals surface area contributed by atoms with E-state index in [-0.39, 0.29) is 18.3 Å². The highest BCUT2D eigenvalue weighted by Crippen LogP contribution is 2.30. The van der Waals surface area contributed by atoms with Crippen LogP contribution in [0, 0.1) is 5.82 Å². The van der Waals surface area contributed by atoms with Gasteiger partial charge in [0, 0.05) is 12.1 Å². The largest absolute Gasteiger partial charge is 0.388 e. The average Bonchev–Trinajstić information content (AvgIpc) is 2.83. The third kappa shape index (κ3) is 3.01. The smallest absolute Gasteiger partial charge is 0.230 e. The van der Waals surface area contributed by atoms with Crippen LogP contribution in [0.5, 0.6) is 0 Å². The molecule has 1 aliphatic rings. The van der Waals surface area contributed by atoms with Gasteiger partial charge in [0.15, 0.2) is 0 Å². The highest BCUT2D eigenvalue weighted by molar-refractivity contribution is 5.87. The Hall–Kier alpha value is -1.42. The van der Waals surface area contributed by atoms with E-state index in [9.17, 15) is 14.3 Å². The second-order valence-electron chi connectivity index (χ2n) is 6.22. The number of rotatable bonds is 4. The maximum absolute atomic E-state index is 13.8. The lowest BCUT2D eigenvalue weighted by Crippen LogP contribution is -2.47. The molecule has 20 heavy (non-hydrogen) atoms. The van der Waals surface area contributed by atoms with Crippen LogP contribution in [0.4, 0.5) is 4.39 Å². The molecule has 1 saturated carbocycles. The van der Waals surface area contributed by atoms with Gasteiger partial charge < -0.3 is 10.4 Å². The molecular weight excluding hydrogens is 257 g/mol. The van der Waals surface area contributed by atoms with Crippen LogP contribution in [0.1, 0.15) is 45.1 Å². The van der Waals surface area contributed by atoms with Crippen molar-refractivity contribution in [1.29, 1.82) is 0 Å². The van der Waals surface area contributed by atoms with Crippen molar-refractivity contribution in [2.75, 3.05) is 6.54 Å². The molecule has 110 valence electrons. The zero-order valence-corrected chi connectivity index (χ0v) is 12.1. The molecule has 0 bridgehead atoms. The molecule has 2 rings (SSSR count). The van der Waals surface area contributed by atoms with E-state index in [1.165, 1.54) is 6.07 Å². The maximum Gasteiger partial charge on any atom is 0.230 e. The van der Waals surface area contributed by atoms with Crippen molar-refractivity contribution in [2.45, 2.75) is 50.5 Å². The van der Waals surface area contributed by atoms with E-state index in [1.807, 2.05) is 0 Å². The molecule has 0 aromatic heterocycles. The Labute approximate surface area is 119 Å². The summed E-state index contributed by atoms with van der Waals surface area (Å²) >= 11 is 0. The van der Waals surface area contributed by atoms with Crippen molar-refractivity contribution >= 4 is 5.91 Å². The Morgan fingerprint density at radius 3 is 2.55 bits per heavy atom. The molecule has 0 saturated heterocycles. The van der Waals surface area contributed by atoms with Gasteiger partial charge >= 0.3 is 0 Å². The van der Waals surface area contributed by atoms with Crippen molar-refractivity contribution in [2.24, 2.45) is 0 Å². The molecule has 3 nitrogen and oxygen atoms in total. The number of amides is 1. The summed E-state index contributed by atoms with van der Waals surface area (Å²) in [6.45, 7) is 3.63. The van der Waals surface area contributed by atoms with Crippen molar-refractivity contribution in [3.05, 3.63) is 35.6 Å². The lowest BCUT2D eigenvalue weighted by atomic mass is 9.83. The summed E-state index contributed by atoms with van der Waals surface area (Å²) in [5, 5.41) is 13.0. The third-order valence-electron chi connectivity index (χ3n) is 4.23. The topological polar surface area (TPSA) is 49.3 Å². The summed E-state index contributed by atoms with van der Waals surface area (Å²) in [6.07, 6.45) is 3.41. The zero-order valence-electron chi connectivity index (χ0n) is 12.1. The van der Waals surface area contributed by atoms with E-state index in [2.05, 4.69) is 5.32 Å². The van der Waals surface area contributed by atoms with E-state index < -0.39 is 11.0 Å². The zero-order chi connectivity index (χ0) is 14.8. The van der Waals surface area contributed by atoms with Crippen LogP contribution in [-0.4, -0.2) is 23.2 Å². The molecule has 0 atom stereocenters. The highest BCUT2D eigenvalue weighted by Gasteiger charge is 2.36. The molecule has 1 aromatic carbocycles. The first-order chi connectivity index (χ1) is 9.35. The van der Waals surface area contributed by atoms with Gasteiger partial charge in [-0.25, -0.2) is 4.39 Å². The van der Waals surface area contributed by atoms with E-state index in [0.29, 0.717) is 18.4 Å². The van der Waals surface area contributed by atoms with Crippen molar-refractivity contribution in [1.82, 2.24) is 5.32 Å². The predicted molar refractivity (Wildman–Crippen MR) is 75.9 cm³/mol. The predicted octanol–water partition coefficient (Wildman–Crippen LogP) is 2.52. The Bertz CT molecular complexity index is 493. The van der Waals surface area contributed by atoms with Crippen LogP contribution in [0.15, 0.2) is 24.3 Å². The van der Waals surface area contributed by atoms with Gasteiger partial charge in [-0.15, -0.1) is 0 Å². The first kappa shape index (κ1) is 15.0. The molecule has 1 amide bonds. The van der Waals surface area contributed by atoms with Gasteiger partial charge in [-0.1, -0.05) is 31.0 Å². The highest BCUT2D eigenvalue weighted by atomic mass is 19.1. The minimum Gasteiger partial charge on any atom is -0.388 e. The Morgan fingerprint density at radius 2 is 1.95 bits per heavy atom. The lowest BCUT2D eigenvalue weighted by Gasteiger charge is -2.28. The fourth-order valence-corrected chi connectivity index (χ4v) is 2.77. The van der Waals surface area contributed by atoms with Gasteiger partial charge in [0.2, 0.25) is 5.91 Å². The van der Waals surface area contributed by atoms with Crippen LogP contribution in [0.2, 0.25) is 0 Å². The Morgan fingerprint density at radius 1 is 1.35 bits per heavy atom. The number of carbonyl (C=O) groups is 1. The van der Waals surface area contributed by atoms with Crippen LogP contribution >= 0.6 is 0 Å². The fourth-order valence-electron chi connectivity index (χ4n) is 2.77. The number of benzene rings is 1. The van der Waals surface area contributed by atoms with E-state index in [4.69, 9.17) is 0 Å². The number of hydrogen-bond donors (Lipinski definition) is 2. The lowest BCUT2D eigenvalue weighted by molar-refractivity contribution is -0.127. The molecule has 1 aliphatic carbocycles. The molecule has 0 spiro atoms. The van der Waals surface area contributed by atoms with Crippen LogP contribution < -0.4 is 5.32 Å². The van der Waals surface area contributed by atoms with E-state index >= 15 is 0 Å². The standard InChI is InChI=1S/C16H22FNO2/c1-15(2,12-7-3-4-8-13(12)17)14(19)18-11-16(20)9-5-6-10-16/h3-4,7-8,20H,5-6,9-11H2,1-2H3,(H,18,19). The maximum atomic E-state index is 13.8. The summed E-state index contributed by atoms with van der Waals surface area (Å²) in [4.78, 5) is 12.3. The summed E-state index contributed by atoms with van der Waals surface area (Å²) in [5.41, 5.74) is -1.38. The third-order valence-corrected chi connectivity index (χ3v) is 4.23. The molecule has 0 aliphatic heterocycles. The summed E-state index contributed by atoms with van der Waals surface area (Å²) in [6, 6.07) is 6.31. The van der Waals surface area contributed by atoms with Crippen LogP contribution in [-0.2, 0) is 10.2 Å². The fraction of sp³-hybridized carbons (Fsp3) is 0.562. The number of hydrogen-bond acceptors (Lipinski definition) is 2. The van der Waals surface area contributed by atoms with Crippen molar-refractivity contribution < 1.29 is 14.3 Å². The van der Waals surface area contributed by atoms with Crippen molar-refractivity contribution in [3.8, 4) is 0 Å². The van der Waals surface area contributed by atoms with Gasteiger partial charge in [0.25, 0.3) is 0 Å².